The molecule has 0 aliphatic rings. The van der Waals surface area contributed by atoms with Crippen LogP contribution in [-0.4, -0.2) is 44.5 Å². The predicted molar refractivity (Wildman–Crippen MR) is 114 cm³/mol. The average molecular weight is 411 g/mol. The summed E-state index contributed by atoms with van der Waals surface area (Å²) in [6.45, 7) is 1.97. The number of aromatic nitrogens is 2. The Labute approximate surface area is 175 Å². The summed E-state index contributed by atoms with van der Waals surface area (Å²) in [5, 5.41) is 10.4. The summed E-state index contributed by atoms with van der Waals surface area (Å²) in [6, 6.07) is 10.6. The zero-order valence-corrected chi connectivity index (χ0v) is 17.7. The van der Waals surface area contributed by atoms with Gasteiger partial charge in [-0.25, -0.2) is 0 Å². The van der Waals surface area contributed by atoms with Gasteiger partial charge in [-0.1, -0.05) is 13.0 Å². The first-order chi connectivity index (χ1) is 14.6. The van der Waals surface area contributed by atoms with E-state index in [4.69, 9.17) is 18.9 Å². The number of nitrogens with zero attached hydrogens (tertiary/aromatic N) is 1. The highest BCUT2D eigenvalue weighted by atomic mass is 16.5. The third kappa shape index (κ3) is 3.89. The number of hydrogen-bond donors (Lipinski definition) is 2. The Morgan fingerprint density at radius 1 is 0.967 bits per heavy atom. The number of ether oxygens (including phenoxy) is 4. The van der Waals surface area contributed by atoms with Crippen LogP contribution in [0.1, 0.15) is 23.0 Å². The molecule has 3 rings (SSSR count). The smallest absolute Gasteiger partial charge is 0.263 e. The monoisotopic (exact) mass is 411 g/mol. The fourth-order valence-corrected chi connectivity index (χ4v) is 3.21. The van der Waals surface area contributed by atoms with E-state index < -0.39 is 0 Å². The van der Waals surface area contributed by atoms with Gasteiger partial charge in [0.2, 0.25) is 0 Å². The summed E-state index contributed by atoms with van der Waals surface area (Å²) < 4.78 is 21.6. The number of nitrogens with one attached hydrogen (secondary N) is 2. The number of aromatic amines is 1. The summed E-state index contributed by atoms with van der Waals surface area (Å²) in [5.74, 6) is 1.71. The first-order valence-corrected chi connectivity index (χ1v) is 9.39. The third-order valence-electron chi connectivity index (χ3n) is 4.75. The number of carbonyl (C=O) groups excluding carboxylic acids is 1. The second kappa shape index (κ2) is 9.21. The normalized spacial score (nSPS) is 10.4. The highest BCUT2D eigenvalue weighted by molar-refractivity contribution is 6.10. The number of rotatable bonds is 8. The van der Waals surface area contributed by atoms with E-state index in [1.807, 2.05) is 13.0 Å². The fraction of sp³-hybridized carbons (Fsp3) is 0.273. The number of amides is 1. The third-order valence-corrected chi connectivity index (χ3v) is 4.75. The van der Waals surface area contributed by atoms with Gasteiger partial charge in [-0.3, -0.25) is 9.89 Å². The van der Waals surface area contributed by atoms with Gasteiger partial charge >= 0.3 is 0 Å². The SMILES string of the molecule is CCc1[nH]nc(-c2cc(OC)ccc2OC)c1NC(=O)c1c(OC)cccc1OC. The van der Waals surface area contributed by atoms with Crippen LogP contribution in [0.2, 0.25) is 0 Å². The predicted octanol–water partition coefficient (Wildman–Crippen LogP) is 3.93. The molecular weight excluding hydrogens is 386 g/mol. The van der Waals surface area contributed by atoms with Gasteiger partial charge in [0.15, 0.2) is 0 Å². The zero-order valence-electron chi connectivity index (χ0n) is 17.7. The summed E-state index contributed by atoms with van der Waals surface area (Å²) in [6.07, 6.45) is 0.637. The molecule has 0 aliphatic carbocycles. The zero-order chi connectivity index (χ0) is 21.7. The van der Waals surface area contributed by atoms with Crippen molar-refractivity contribution in [1.29, 1.82) is 0 Å². The first kappa shape index (κ1) is 21.0. The maximum atomic E-state index is 13.2. The molecule has 1 aromatic heterocycles. The summed E-state index contributed by atoms with van der Waals surface area (Å²) in [7, 11) is 6.18. The standard InChI is InChI=1S/C22H25N3O5/c1-6-15-21(23-22(26)19-17(29-4)8-7-9-18(19)30-5)20(25-24-15)14-12-13(27-2)10-11-16(14)28-3/h7-12H,6H2,1-5H3,(H,23,26)(H,24,25). The number of aryl methyl sites for hydroxylation is 1. The van der Waals surface area contributed by atoms with Crippen LogP contribution in [-0.2, 0) is 6.42 Å². The number of benzene rings is 2. The lowest BCUT2D eigenvalue weighted by Crippen LogP contribution is -2.15. The van der Waals surface area contributed by atoms with Gasteiger partial charge in [-0.05, 0) is 36.8 Å². The van der Waals surface area contributed by atoms with Crippen LogP contribution in [0.25, 0.3) is 11.3 Å². The first-order valence-electron chi connectivity index (χ1n) is 9.39. The lowest BCUT2D eigenvalue weighted by Gasteiger charge is -2.15. The van der Waals surface area contributed by atoms with Crippen molar-refractivity contribution in [3.8, 4) is 34.3 Å². The van der Waals surface area contributed by atoms with Crippen molar-refractivity contribution in [2.24, 2.45) is 0 Å². The van der Waals surface area contributed by atoms with E-state index in [1.54, 1.807) is 44.6 Å². The average Bonchev–Trinajstić information content (AvgIpc) is 3.19. The van der Waals surface area contributed by atoms with E-state index in [0.29, 0.717) is 51.9 Å². The molecule has 0 saturated heterocycles. The topological polar surface area (TPSA) is 94.7 Å². The van der Waals surface area contributed by atoms with E-state index in [1.165, 1.54) is 14.2 Å². The molecule has 0 bridgehead atoms. The van der Waals surface area contributed by atoms with Gasteiger partial charge < -0.3 is 24.3 Å². The molecule has 0 unspecified atom stereocenters. The number of methoxy groups -OCH3 is 4. The van der Waals surface area contributed by atoms with E-state index in [-0.39, 0.29) is 5.91 Å². The van der Waals surface area contributed by atoms with Crippen LogP contribution in [0.15, 0.2) is 36.4 Å². The van der Waals surface area contributed by atoms with Gasteiger partial charge in [0, 0.05) is 5.56 Å². The largest absolute Gasteiger partial charge is 0.497 e. The number of H-pyrrole nitrogens is 1. The maximum absolute atomic E-state index is 13.2. The lowest BCUT2D eigenvalue weighted by atomic mass is 10.1. The van der Waals surface area contributed by atoms with Crippen molar-refractivity contribution in [2.45, 2.75) is 13.3 Å². The summed E-state index contributed by atoms with van der Waals surface area (Å²) in [5.41, 5.74) is 2.87. The molecule has 0 radical (unpaired) electrons. The molecule has 8 heteroatoms. The molecule has 0 spiro atoms. The van der Waals surface area contributed by atoms with E-state index >= 15 is 0 Å². The molecule has 1 amide bonds. The van der Waals surface area contributed by atoms with Crippen LogP contribution in [0, 0.1) is 0 Å². The van der Waals surface area contributed by atoms with Crippen molar-refractivity contribution in [3.63, 3.8) is 0 Å². The molecular formula is C22H25N3O5. The molecule has 0 fully saturated rings. The van der Waals surface area contributed by atoms with Crippen molar-refractivity contribution >= 4 is 11.6 Å². The van der Waals surface area contributed by atoms with Crippen LogP contribution in [0.3, 0.4) is 0 Å². The minimum absolute atomic E-state index is 0.300. The fourth-order valence-electron chi connectivity index (χ4n) is 3.21. The van der Waals surface area contributed by atoms with Crippen LogP contribution in [0.5, 0.6) is 23.0 Å². The second-order valence-electron chi connectivity index (χ2n) is 6.34. The Hall–Kier alpha value is -3.68. The van der Waals surface area contributed by atoms with Gasteiger partial charge in [0.25, 0.3) is 5.91 Å². The van der Waals surface area contributed by atoms with Crippen LogP contribution in [0.4, 0.5) is 5.69 Å². The molecule has 0 aliphatic heterocycles. The van der Waals surface area contributed by atoms with Crippen molar-refractivity contribution in [3.05, 3.63) is 47.7 Å². The van der Waals surface area contributed by atoms with Gasteiger partial charge in [0.1, 0.15) is 34.3 Å². The van der Waals surface area contributed by atoms with E-state index in [2.05, 4.69) is 15.5 Å². The van der Waals surface area contributed by atoms with Gasteiger partial charge in [-0.2, -0.15) is 5.10 Å². The highest BCUT2D eigenvalue weighted by Crippen LogP contribution is 2.38. The Morgan fingerprint density at radius 2 is 1.63 bits per heavy atom. The Morgan fingerprint density at radius 3 is 2.20 bits per heavy atom. The van der Waals surface area contributed by atoms with Crippen LogP contribution >= 0.6 is 0 Å². The van der Waals surface area contributed by atoms with Gasteiger partial charge in [0.05, 0.1) is 39.8 Å². The molecule has 0 saturated carbocycles. The van der Waals surface area contributed by atoms with Crippen molar-refractivity contribution in [1.82, 2.24) is 10.2 Å². The van der Waals surface area contributed by atoms with Crippen molar-refractivity contribution in [2.75, 3.05) is 33.8 Å². The molecule has 0 atom stereocenters. The quantitative estimate of drug-likeness (QED) is 0.583. The minimum Gasteiger partial charge on any atom is -0.497 e. The summed E-state index contributed by atoms with van der Waals surface area (Å²) in [4.78, 5) is 13.2. The highest BCUT2D eigenvalue weighted by Gasteiger charge is 2.24. The minimum atomic E-state index is -0.372. The van der Waals surface area contributed by atoms with E-state index in [9.17, 15) is 4.79 Å². The molecule has 2 aromatic carbocycles. The molecule has 158 valence electrons. The van der Waals surface area contributed by atoms with Crippen LogP contribution < -0.4 is 24.3 Å². The number of anilines is 1. The van der Waals surface area contributed by atoms with E-state index in [0.717, 1.165) is 5.69 Å². The number of hydrogen-bond acceptors (Lipinski definition) is 6. The molecule has 30 heavy (non-hydrogen) atoms. The molecule has 8 nitrogen and oxygen atoms in total. The maximum Gasteiger partial charge on any atom is 0.263 e. The Bertz CT molecular complexity index is 1020. The molecule has 3 aromatic rings. The lowest BCUT2D eigenvalue weighted by molar-refractivity contribution is 0.102. The second-order valence-corrected chi connectivity index (χ2v) is 6.34. The van der Waals surface area contributed by atoms with Crippen molar-refractivity contribution < 1.29 is 23.7 Å². The molecule has 2 N–H and O–H groups in total. The summed E-state index contributed by atoms with van der Waals surface area (Å²) >= 11 is 0. The molecule has 1 heterocycles. The Balaban J connectivity index is 2.10. The number of carbonyl (C=O) groups is 1. The van der Waals surface area contributed by atoms with Gasteiger partial charge in [-0.15, -0.1) is 0 Å². The Kier molecular flexibility index (Phi) is 6.46.